The molecule has 8 heteroatoms. The first-order valence-electron chi connectivity index (χ1n) is 8.99. The number of para-hydroxylation sites is 1. The first-order valence-corrected chi connectivity index (χ1v) is 8.99. The van der Waals surface area contributed by atoms with E-state index < -0.39 is 23.4 Å². The van der Waals surface area contributed by atoms with Gasteiger partial charge in [0.05, 0.1) is 30.6 Å². The molecule has 3 rings (SSSR count). The van der Waals surface area contributed by atoms with Gasteiger partial charge in [-0.05, 0) is 48.5 Å². The number of rotatable bonds is 7. The summed E-state index contributed by atoms with van der Waals surface area (Å²) in [6, 6.07) is 15.8. The minimum absolute atomic E-state index is 0.129. The van der Waals surface area contributed by atoms with Crippen LogP contribution in [0.25, 0.3) is 0 Å². The number of benzene rings is 3. The average Bonchev–Trinajstić information content (AvgIpc) is 2.74. The molecule has 0 heterocycles. The van der Waals surface area contributed by atoms with Crippen molar-refractivity contribution in [3.63, 3.8) is 0 Å². The highest BCUT2D eigenvalue weighted by Gasteiger charge is 2.14. The van der Waals surface area contributed by atoms with Crippen LogP contribution in [-0.4, -0.2) is 25.5 Å². The van der Waals surface area contributed by atoms with Crippen LogP contribution < -0.4 is 20.7 Å². The molecule has 0 atom stereocenters. The summed E-state index contributed by atoms with van der Waals surface area (Å²) in [6.45, 7) is -0.129. The topological polar surface area (TPSA) is 79.5 Å². The molecular weight excluding hydrogens is 392 g/mol. The molecule has 2 amide bonds. The van der Waals surface area contributed by atoms with Crippen molar-refractivity contribution in [2.45, 2.75) is 0 Å². The first-order chi connectivity index (χ1) is 14.5. The summed E-state index contributed by atoms with van der Waals surface area (Å²) in [4.78, 5) is 24.9. The van der Waals surface area contributed by atoms with E-state index in [1.807, 2.05) is 0 Å². The van der Waals surface area contributed by atoms with Gasteiger partial charge in [0.15, 0.2) is 0 Å². The van der Waals surface area contributed by atoms with Crippen LogP contribution in [0.1, 0.15) is 10.4 Å². The number of ether oxygens (including phenoxy) is 1. The van der Waals surface area contributed by atoms with Crippen molar-refractivity contribution >= 4 is 28.9 Å². The zero-order chi connectivity index (χ0) is 21.5. The molecule has 0 saturated heterocycles. The van der Waals surface area contributed by atoms with Crippen molar-refractivity contribution in [2.75, 3.05) is 29.6 Å². The Balaban J connectivity index is 1.66. The van der Waals surface area contributed by atoms with Gasteiger partial charge >= 0.3 is 0 Å². The summed E-state index contributed by atoms with van der Waals surface area (Å²) in [5.74, 6) is -1.47. The molecule has 154 valence electrons. The summed E-state index contributed by atoms with van der Waals surface area (Å²) in [5.41, 5.74) is 1.44. The third-order valence-electron chi connectivity index (χ3n) is 4.15. The quantitative estimate of drug-likeness (QED) is 0.542. The van der Waals surface area contributed by atoms with E-state index in [4.69, 9.17) is 4.74 Å². The van der Waals surface area contributed by atoms with E-state index in [2.05, 4.69) is 16.0 Å². The molecule has 3 N–H and O–H groups in total. The Morgan fingerprint density at radius 2 is 1.57 bits per heavy atom. The number of nitrogens with one attached hydrogen (secondary N) is 3. The van der Waals surface area contributed by atoms with Crippen LogP contribution in [0.5, 0.6) is 5.75 Å². The number of halogens is 2. The fourth-order valence-electron chi connectivity index (χ4n) is 2.70. The lowest BCUT2D eigenvalue weighted by atomic mass is 10.1. The van der Waals surface area contributed by atoms with Gasteiger partial charge in [0.1, 0.15) is 17.4 Å². The van der Waals surface area contributed by atoms with E-state index in [0.29, 0.717) is 17.1 Å². The van der Waals surface area contributed by atoms with Crippen molar-refractivity contribution in [3.8, 4) is 5.75 Å². The Morgan fingerprint density at radius 1 is 0.867 bits per heavy atom. The van der Waals surface area contributed by atoms with Gasteiger partial charge in [0, 0.05) is 11.8 Å². The second kappa shape index (κ2) is 9.51. The Hall–Kier alpha value is -3.94. The number of hydrogen-bond acceptors (Lipinski definition) is 4. The molecule has 0 saturated carbocycles. The molecule has 0 spiro atoms. The molecule has 0 aliphatic rings. The maximum absolute atomic E-state index is 13.3. The molecule has 0 aromatic heterocycles. The van der Waals surface area contributed by atoms with E-state index in [0.717, 1.165) is 0 Å². The summed E-state index contributed by atoms with van der Waals surface area (Å²) in [5, 5.41) is 8.19. The summed E-state index contributed by atoms with van der Waals surface area (Å²) in [6.07, 6.45) is 0. The summed E-state index contributed by atoms with van der Waals surface area (Å²) < 4.78 is 31.4. The van der Waals surface area contributed by atoms with Crippen molar-refractivity contribution < 1.29 is 23.1 Å². The maximum atomic E-state index is 13.3. The molecular formula is C22H19F2N3O3. The van der Waals surface area contributed by atoms with E-state index >= 15 is 0 Å². The van der Waals surface area contributed by atoms with E-state index in [1.165, 1.54) is 49.6 Å². The van der Waals surface area contributed by atoms with Gasteiger partial charge in [-0.1, -0.05) is 12.1 Å². The van der Waals surface area contributed by atoms with Crippen LogP contribution in [-0.2, 0) is 4.79 Å². The van der Waals surface area contributed by atoms with E-state index in [1.54, 1.807) is 24.3 Å². The van der Waals surface area contributed by atoms with Crippen LogP contribution in [0.3, 0.4) is 0 Å². The molecule has 6 nitrogen and oxygen atoms in total. The predicted octanol–water partition coefficient (Wildman–Crippen LogP) is 4.28. The molecule has 3 aromatic rings. The summed E-state index contributed by atoms with van der Waals surface area (Å²) in [7, 11) is 1.40. The van der Waals surface area contributed by atoms with Crippen LogP contribution in [0, 0.1) is 11.6 Å². The Labute approximate surface area is 171 Å². The molecule has 0 bridgehead atoms. The highest BCUT2D eigenvalue weighted by Crippen LogP contribution is 2.25. The van der Waals surface area contributed by atoms with Gasteiger partial charge in [-0.15, -0.1) is 0 Å². The number of carbonyl (C=O) groups is 2. The second-order valence-corrected chi connectivity index (χ2v) is 6.25. The molecule has 30 heavy (non-hydrogen) atoms. The Morgan fingerprint density at radius 3 is 2.30 bits per heavy atom. The van der Waals surface area contributed by atoms with Crippen LogP contribution in [0.15, 0.2) is 66.7 Å². The van der Waals surface area contributed by atoms with E-state index in [-0.39, 0.29) is 17.9 Å². The minimum Gasteiger partial charge on any atom is -0.494 e. The van der Waals surface area contributed by atoms with Gasteiger partial charge in [-0.3, -0.25) is 9.59 Å². The molecule has 0 aliphatic carbocycles. The van der Waals surface area contributed by atoms with Gasteiger partial charge in [-0.25, -0.2) is 8.78 Å². The number of hydrogen-bond donors (Lipinski definition) is 3. The highest BCUT2D eigenvalue weighted by atomic mass is 19.1. The minimum atomic E-state index is -0.456. The van der Waals surface area contributed by atoms with E-state index in [9.17, 15) is 18.4 Å². The largest absolute Gasteiger partial charge is 0.494 e. The average molecular weight is 411 g/mol. The van der Waals surface area contributed by atoms with Crippen molar-refractivity contribution in [1.29, 1.82) is 0 Å². The SMILES string of the molecule is COc1cc(F)ccc1NCC(=O)Nc1ccccc1C(=O)Nc1ccc(F)cc1. The molecule has 0 unspecified atom stereocenters. The fourth-order valence-corrected chi connectivity index (χ4v) is 2.70. The van der Waals surface area contributed by atoms with Crippen LogP contribution >= 0.6 is 0 Å². The van der Waals surface area contributed by atoms with Crippen molar-refractivity contribution in [1.82, 2.24) is 0 Å². The Bertz CT molecular complexity index is 1060. The van der Waals surface area contributed by atoms with Crippen LogP contribution in [0.4, 0.5) is 25.8 Å². The van der Waals surface area contributed by atoms with Gasteiger partial charge in [0.25, 0.3) is 5.91 Å². The zero-order valence-corrected chi connectivity index (χ0v) is 16.0. The number of anilines is 3. The number of carbonyl (C=O) groups excluding carboxylic acids is 2. The lowest BCUT2D eigenvalue weighted by molar-refractivity contribution is -0.114. The second-order valence-electron chi connectivity index (χ2n) is 6.25. The van der Waals surface area contributed by atoms with Gasteiger partial charge < -0.3 is 20.7 Å². The van der Waals surface area contributed by atoms with Crippen molar-refractivity contribution in [3.05, 3.63) is 83.9 Å². The molecule has 0 fully saturated rings. The molecule has 0 radical (unpaired) electrons. The lowest BCUT2D eigenvalue weighted by Gasteiger charge is -2.13. The third-order valence-corrected chi connectivity index (χ3v) is 4.15. The highest BCUT2D eigenvalue weighted by molar-refractivity contribution is 6.10. The predicted molar refractivity (Wildman–Crippen MR) is 111 cm³/mol. The standard InChI is InChI=1S/C22H19F2N3O3/c1-30-20-12-15(24)8-11-19(20)25-13-21(28)27-18-5-3-2-4-17(18)22(29)26-16-9-6-14(23)7-10-16/h2-12,25H,13H2,1H3,(H,26,29)(H,27,28). The zero-order valence-electron chi connectivity index (χ0n) is 16.0. The Kier molecular flexibility index (Phi) is 6.59. The van der Waals surface area contributed by atoms with Crippen LogP contribution in [0.2, 0.25) is 0 Å². The fraction of sp³-hybridized carbons (Fsp3) is 0.0909. The number of methoxy groups -OCH3 is 1. The lowest BCUT2D eigenvalue weighted by Crippen LogP contribution is -2.24. The van der Waals surface area contributed by atoms with Gasteiger partial charge in [-0.2, -0.15) is 0 Å². The molecule has 3 aromatic carbocycles. The monoisotopic (exact) mass is 411 g/mol. The summed E-state index contributed by atoms with van der Waals surface area (Å²) >= 11 is 0. The maximum Gasteiger partial charge on any atom is 0.257 e. The smallest absolute Gasteiger partial charge is 0.257 e. The normalized spacial score (nSPS) is 10.2. The van der Waals surface area contributed by atoms with Crippen molar-refractivity contribution in [2.24, 2.45) is 0 Å². The van der Waals surface area contributed by atoms with Gasteiger partial charge in [0.2, 0.25) is 5.91 Å². The third kappa shape index (κ3) is 5.32. The first kappa shape index (κ1) is 20.8. The number of amides is 2. The molecule has 0 aliphatic heterocycles.